The van der Waals surface area contributed by atoms with Crippen LogP contribution in [0.15, 0.2) is 47.4 Å². The van der Waals surface area contributed by atoms with E-state index >= 15 is 0 Å². The van der Waals surface area contributed by atoms with Crippen molar-refractivity contribution in [1.82, 2.24) is 4.31 Å². The van der Waals surface area contributed by atoms with Crippen molar-refractivity contribution >= 4 is 27.3 Å². The number of nitriles is 1. The Morgan fingerprint density at radius 1 is 1.14 bits per heavy atom. The fourth-order valence-corrected chi connectivity index (χ4v) is 4.61. The van der Waals surface area contributed by atoms with E-state index in [-0.39, 0.29) is 10.8 Å². The molecule has 0 aromatic heterocycles. The summed E-state index contributed by atoms with van der Waals surface area (Å²) in [6, 6.07) is 13.1. The van der Waals surface area contributed by atoms with Gasteiger partial charge in [-0.05, 0) is 49.7 Å². The van der Waals surface area contributed by atoms with Gasteiger partial charge in [0.05, 0.1) is 16.5 Å². The number of nitrogens with one attached hydrogen (secondary N) is 2. The second-order valence-electron chi connectivity index (χ2n) is 6.62. The fourth-order valence-electron chi connectivity index (χ4n) is 2.90. The molecule has 0 saturated carbocycles. The van der Waals surface area contributed by atoms with Crippen molar-refractivity contribution in [1.29, 1.82) is 5.26 Å². The van der Waals surface area contributed by atoms with Crippen LogP contribution < -0.4 is 10.6 Å². The van der Waals surface area contributed by atoms with Crippen molar-refractivity contribution in [2.45, 2.75) is 38.6 Å². The third-order valence-electron chi connectivity index (χ3n) is 4.55. The summed E-state index contributed by atoms with van der Waals surface area (Å²) in [5.41, 5.74) is 2.16. The molecular weight excluding hydrogens is 388 g/mol. The number of carbonyl (C=O) groups is 1. The minimum atomic E-state index is -3.60. The summed E-state index contributed by atoms with van der Waals surface area (Å²) in [4.78, 5) is 12.7. The van der Waals surface area contributed by atoms with E-state index in [0.717, 1.165) is 0 Å². The van der Waals surface area contributed by atoms with Gasteiger partial charge in [0.25, 0.3) is 0 Å². The molecule has 0 spiro atoms. The van der Waals surface area contributed by atoms with E-state index in [9.17, 15) is 13.2 Å². The van der Waals surface area contributed by atoms with Crippen LogP contribution in [0.25, 0.3) is 0 Å². The van der Waals surface area contributed by atoms with E-state index in [0.29, 0.717) is 35.6 Å². The van der Waals surface area contributed by atoms with Crippen molar-refractivity contribution in [3.05, 3.63) is 53.6 Å². The number of hydrogen-bond acceptors (Lipinski definition) is 5. The second-order valence-corrected chi connectivity index (χ2v) is 8.52. The Hall–Kier alpha value is -2.89. The maximum absolute atomic E-state index is 12.9. The van der Waals surface area contributed by atoms with Crippen molar-refractivity contribution in [3.8, 4) is 6.07 Å². The first-order valence-corrected chi connectivity index (χ1v) is 10.8. The highest BCUT2D eigenvalue weighted by atomic mass is 32.2. The Morgan fingerprint density at radius 2 is 1.83 bits per heavy atom. The molecule has 0 heterocycles. The Morgan fingerprint density at radius 3 is 2.45 bits per heavy atom. The minimum Gasteiger partial charge on any atom is -0.374 e. The van der Waals surface area contributed by atoms with Gasteiger partial charge in [0, 0.05) is 24.5 Å². The number of hydrogen-bond donors (Lipinski definition) is 2. The molecule has 0 aliphatic heterocycles. The molecule has 0 aliphatic rings. The first-order valence-electron chi connectivity index (χ1n) is 9.41. The summed E-state index contributed by atoms with van der Waals surface area (Å²) in [5.74, 6) is -0.297. The predicted molar refractivity (Wildman–Crippen MR) is 114 cm³/mol. The maximum Gasteiger partial charge on any atom is 0.246 e. The third kappa shape index (κ3) is 5.34. The van der Waals surface area contributed by atoms with E-state index in [4.69, 9.17) is 5.26 Å². The van der Waals surface area contributed by atoms with Crippen LogP contribution >= 0.6 is 0 Å². The number of rotatable bonds is 8. The lowest BCUT2D eigenvalue weighted by Crippen LogP contribution is -2.33. The summed E-state index contributed by atoms with van der Waals surface area (Å²) < 4.78 is 27.2. The lowest BCUT2D eigenvalue weighted by Gasteiger charge is -2.21. The van der Waals surface area contributed by atoms with Crippen LogP contribution in [-0.2, 0) is 14.8 Å². The first-order chi connectivity index (χ1) is 13.7. The van der Waals surface area contributed by atoms with Crippen LogP contribution in [0.5, 0.6) is 0 Å². The van der Waals surface area contributed by atoms with Gasteiger partial charge in [-0.1, -0.05) is 26.0 Å². The van der Waals surface area contributed by atoms with Crippen molar-refractivity contribution in [2.75, 3.05) is 23.7 Å². The third-order valence-corrected chi connectivity index (χ3v) is 6.74. The number of anilines is 2. The summed E-state index contributed by atoms with van der Waals surface area (Å²) in [6.45, 7) is 7.80. The lowest BCUT2D eigenvalue weighted by atomic mass is 10.2. The zero-order chi connectivity index (χ0) is 21.6. The Kier molecular flexibility index (Phi) is 7.37. The van der Waals surface area contributed by atoms with Gasteiger partial charge in [-0.25, -0.2) is 8.42 Å². The number of carbonyl (C=O) groups excluding carboxylic acids is 1. The molecule has 0 unspecified atom stereocenters. The summed E-state index contributed by atoms with van der Waals surface area (Å²) in [7, 11) is -3.60. The Balaban J connectivity index is 2.19. The molecule has 0 bridgehead atoms. The normalized spacial score (nSPS) is 12.3. The smallest absolute Gasteiger partial charge is 0.246 e. The van der Waals surface area contributed by atoms with Crippen LogP contribution in [0, 0.1) is 18.3 Å². The van der Waals surface area contributed by atoms with Gasteiger partial charge >= 0.3 is 0 Å². The molecule has 2 aromatic rings. The Bertz CT molecular complexity index is 1020. The first kappa shape index (κ1) is 22.4. The SMILES string of the molecule is CCN(CC)S(=O)(=O)c1cc(N[C@@H](C)C(=O)Nc2cccc(C#N)c2)ccc1C. The monoisotopic (exact) mass is 414 g/mol. The minimum absolute atomic E-state index is 0.223. The van der Waals surface area contributed by atoms with E-state index in [1.54, 1.807) is 70.2 Å². The van der Waals surface area contributed by atoms with Gasteiger partial charge in [-0.15, -0.1) is 0 Å². The van der Waals surface area contributed by atoms with Gasteiger partial charge in [-0.3, -0.25) is 4.79 Å². The molecule has 8 heteroatoms. The topological polar surface area (TPSA) is 102 Å². The van der Waals surface area contributed by atoms with Gasteiger partial charge in [0.1, 0.15) is 6.04 Å². The van der Waals surface area contributed by atoms with E-state index in [1.807, 2.05) is 6.07 Å². The number of nitrogens with zero attached hydrogens (tertiary/aromatic N) is 2. The van der Waals surface area contributed by atoms with Gasteiger partial charge < -0.3 is 10.6 Å². The lowest BCUT2D eigenvalue weighted by molar-refractivity contribution is -0.116. The van der Waals surface area contributed by atoms with E-state index in [1.165, 1.54) is 4.31 Å². The molecule has 2 N–H and O–H groups in total. The molecule has 7 nitrogen and oxygen atoms in total. The highest BCUT2D eigenvalue weighted by Crippen LogP contribution is 2.24. The van der Waals surface area contributed by atoms with Crippen LogP contribution in [0.2, 0.25) is 0 Å². The zero-order valence-corrected chi connectivity index (χ0v) is 17.9. The van der Waals surface area contributed by atoms with Gasteiger partial charge in [-0.2, -0.15) is 9.57 Å². The maximum atomic E-state index is 12.9. The molecule has 1 amide bonds. The highest BCUT2D eigenvalue weighted by molar-refractivity contribution is 7.89. The zero-order valence-electron chi connectivity index (χ0n) is 17.1. The second kappa shape index (κ2) is 9.54. The summed E-state index contributed by atoms with van der Waals surface area (Å²) in [5, 5.41) is 14.8. The molecular formula is C21H26N4O3S. The van der Waals surface area contributed by atoms with Gasteiger partial charge in [0.15, 0.2) is 0 Å². The van der Waals surface area contributed by atoms with Crippen LogP contribution in [0.3, 0.4) is 0 Å². The quantitative estimate of drug-likeness (QED) is 0.690. The molecule has 2 aromatic carbocycles. The predicted octanol–water partition coefficient (Wildman–Crippen LogP) is 3.34. The van der Waals surface area contributed by atoms with Crippen LogP contribution in [0.4, 0.5) is 11.4 Å². The van der Waals surface area contributed by atoms with Crippen molar-refractivity contribution in [3.63, 3.8) is 0 Å². The molecule has 29 heavy (non-hydrogen) atoms. The average molecular weight is 415 g/mol. The summed E-state index contributed by atoms with van der Waals surface area (Å²) in [6.07, 6.45) is 0. The van der Waals surface area contributed by atoms with Gasteiger partial charge in [0.2, 0.25) is 15.9 Å². The molecule has 2 rings (SSSR count). The standard InChI is InChI=1S/C21H26N4O3S/c1-5-25(6-2)29(27,28)20-13-19(11-10-15(20)3)23-16(4)21(26)24-18-9-7-8-17(12-18)14-22/h7-13,16,23H,5-6H2,1-4H3,(H,24,26)/t16-/m0/s1. The number of aryl methyl sites for hydroxylation is 1. The largest absolute Gasteiger partial charge is 0.374 e. The number of benzene rings is 2. The van der Waals surface area contributed by atoms with Crippen LogP contribution in [-0.4, -0.2) is 37.8 Å². The molecule has 154 valence electrons. The van der Waals surface area contributed by atoms with E-state index in [2.05, 4.69) is 10.6 Å². The van der Waals surface area contributed by atoms with E-state index < -0.39 is 16.1 Å². The molecule has 0 radical (unpaired) electrons. The van der Waals surface area contributed by atoms with Crippen molar-refractivity contribution < 1.29 is 13.2 Å². The number of amides is 1. The fraction of sp³-hybridized carbons (Fsp3) is 0.333. The molecule has 0 saturated heterocycles. The molecule has 1 atom stereocenters. The highest BCUT2D eigenvalue weighted by Gasteiger charge is 2.24. The van der Waals surface area contributed by atoms with Crippen LogP contribution in [0.1, 0.15) is 31.9 Å². The average Bonchev–Trinajstić information content (AvgIpc) is 2.70. The summed E-state index contributed by atoms with van der Waals surface area (Å²) >= 11 is 0. The molecule has 0 fully saturated rings. The van der Waals surface area contributed by atoms with Crippen molar-refractivity contribution in [2.24, 2.45) is 0 Å². The Labute approximate surface area is 172 Å². The molecule has 0 aliphatic carbocycles. The number of sulfonamides is 1.